The van der Waals surface area contributed by atoms with Gasteiger partial charge in [-0.2, -0.15) is 5.26 Å². The van der Waals surface area contributed by atoms with Crippen molar-refractivity contribution in [2.75, 3.05) is 0 Å². The molecule has 106 valence electrons. The molecule has 0 amide bonds. The standard InChI is InChI=1S/C16H11N5O/c17-9-13-12(10-19-7-3-1-5-14(13)19)11-21-16(22)20-8-4-2-6-15(20)18-21/h1-8,10H,11H2. The summed E-state index contributed by atoms with van der Waals surface area (Å²) in [4.78, 5) is 12.3. The third-order valence-corrected chi connectivity index (χ3v) is 3.68. The van der Waals surface area contributed by atoms with Crippen LogP contribution in [0.4, 0.5) is 0 Å². The van der Waals surface area contributed by atoms with Crippen LogP contribution >= 0.6 is 0 Å². The van der Waals surface area contributed by atoms with Crippen LogP contribution < -0.4 is 5.69 Å². The highest BCUT2D eigenvalue weighted by molar-refractivity contribution is 5.65. The van der Waals surface area contributed by atoms with Gasteiger partial charge in [-0.15, -0.1) is 5.10 Å². The number of nitrogens with zero attached hydrogens (tertiary/aromatic N) is 5. The van der Waals surface area contributed by atoms with Crippen molar-refractivity contribution in [3.8, 4) is 6.07 Å². The van der Waals surface area contributed by atoms with Crippen LogP contribution in [0, 0.1) is 11.3 Å². The number of aromatic nitrogens is 4. The van der Waals surface area contributed by atoms with Gasteiger partial charge in [0.2, 0.25) is 0 Å². The Morgan fingerprint density at radius 2 is 1.95 bits per heavy atom. The van der Waals surface area contributed by atoms with Crippen molar-refractivity contribution in [2.24, 2.45) is 0 Å². The van der Waals surface area contributed by atoms with Crippen molar-refractivity contribution >= 4 is 11.2 Å². The summed E-state index contributed by atoms with van der Waals surface area (Å²) in [6, 6.07) is 13.3. The van der Waals surface area contributed by atoms with E-state index < -0.39 is 0 Å². The van der Waals surface area contributed by atoms with Crippen molar-refractivity contribution in [3.05, 3.63) is 76.6 Å². The van der Waals surface area contributed by atoms with E-state index in [1.54, 1.807) is 18.3 Å². The number of rotatable bonds is 2. The fraction of sp³-hybridized carbons (Fsp3) is 0.0625. The van der Waals surface area contributed by atoms with Gasteiger partial charge in [-0.1, -0.05) is 12.1 Å². The van der Waals surface area contributed by atoms with Gasteiger partial charge in [0.25, 0.3) is 0 Å². The highest BCUT2D eigenvalue weighted by atomic mass is 16.2. The molecule has 0 aliphatic carbocycles. The molecule has 0 fully saturated rings. The Labute approximate surface area is 125 Å². The van der Waals surface area contributed by atoms with Crippen LogP contribution in [0.3, 0.4) is 0 Å². The maximum Gasteiger partial charge on any atom is 0.350 e. The third-order valence-electron chi connectivity index (χ3n) is 3.68. The molecule has 0 spiro atoms. The Balaban J connectivity index is 1.88. The highest BCUT2D eigenvalue weighted by Gasteiger charge is 2.13. The van der Waals surface area contributed by atoms with Crippen molar-refractivity contribution in [2.45, 2.75) is 6.54 Å². The minimum absolute atomic E-state index is 0.213. The summed E-state index contributed by atoms with van der Waals surface area (Å²) in [7, 11) is 0. The predicted molar refractivity (Wildman–Crippen MR) is 80.7 cm³/mol. The fourth-order valence-corrected chi connectivity index (χ4v) is 2.66. The molecule has 6 nitrogen and oxygen atoms in total. The van der Waals surface area contributed by atoms with E-state index in [1.807, 2.05) is 41.1 Å². The predicted octanol–water partition coefficient (Wildman–Crippen LogP) is 1.67. The third kappa shape index (κ3) is 1.73. The van der Waals surface area contributed by atoms with E-state index in [0.717, 1.165) is 11.1 Å². The lowest BCUT2D eigenvalue weighted by Crippen LogP contribution is -2.21. The van der Waals surface area contributed by atoms with Crippen LogP contribution in [0.15, 0.2) is 59.8 Å². The first-order valence-corrected chi connectivity index (χ1v) is 6.81. The number of fused-ring (bicyclic) bond motifs is 2. The summed E-state index contributed by atoms with van der Waals surface area (Å²) in [6.45, 7) is 0.269. The number of hydrogen-bond acceptors (Lipinski definition) is 3. The van der Waals surface area contributed by atoms with Crippen molar-refractivity contribution in [1.29, 1.82) is 5.26 Å². The van der Waals surface area contributed by atoms with Crippen molar-refractivity contribution in [3.63, 3.8) is 0 Å². The van der Waals surface area contributed by atoms with E-state index in [-0.39, 0.29) is 12.2 Å². The Morgan fingerprint density at radius 3 is 2.77 bits per heavy atom. The maximum atomic E-state index is 12.3. The van der Waals surface area contributed by atoms with Gasteiger partial charge >= 0.3 is 5.69 Å². The number of nitriles is 1. The first kappa shape index (κ1) is 12.4. The molecule has 0 aliphatic rings. The highest BCUT2D eigenvalue weighted by Crippen LogP contribution is 2.18. The lowest BCUT2D eigenvalue weighted by Gasteiger charge is -1.96. The van der Waals surface area contributed by atoms with Crippen LogP contribution in [0.1, 0.15) is 11.1 Å². The quantitative estimate of drug-likeness (QED) is 0.563. The first-order chi connectivity index (χ1) is 10.8. The van der Waals surface area contributed by atoms with Crippen molar-refractivity contribution < 1.29 is 0 Å². The molecule has 4 aromatic rings. The van der Waals surface area contributed by atoms with Gasteiger partial charge in [0.05, 0.1) is 17.6 Å². The van der Waals surface area contributed by atoms with Crippen molar-refractivity contribution in [1.82, 2.24) is 18.6 Å². The van der Waals surface area contributed by atoms with Crippen LogP contribution in [0.5, 0.6) is 0 Å². The second-order valence-corrected chi connectivity index (χ2v) is 5.00. The van der Waals surface area contributed by atoms with E-state index in [0.29, 0.717) is 11.2 Å². The zero-order valence-corrected chi connectivity index (χ0v) is 11.5. The Kier molecular flexibility index (Phi) is 2.60. The largest absolute Gasteiger partial charge is 0.350 e. The molecule has 0 bridgehead atoms. The summed E-state index contributed by atoms with van der Waals surface area (Å²) < 4.78 is 4.75. The summed E-state index contributed by atoms with van der Waals surface area (Å²) in [5, 5.41) is 13.7. The minimum atomic E-state index is -0.213. The van der Waals surface area contributed by atoms with E-state index >= 15 is 0 Å². The fourth-order valence-electron chi connectivity index (χ4n) is 2.66. The first-order valence-electron chi connectivity index (χ1n) is 6.81. The van der Waals surface area contributed by atoms with E-state index in [4.69, 9.17) is 0 Å². The van der Waals surface area contributed by atoms with Crippen LogP contribution in [-0.2, 0) is 6.54 Å². The summed E-state index contributed by atoms with van der Waals surface area (Å²) >= 11 is 0. The van der Waals surface area contributed by atoms with Gasteiger partial charge < -0.3 is 4.40 Å². The van der Waals surface area contributed by atoms with Crippen LogP contribution in [0.2, 0.25) is 0 Å². The maximum absolute atomic E-state index is 12.3. The monoisotopic (exact) mass is 289 g/mol. The normalized spacial score (nSPS) is 11.0. The molecular weight excluding hydrogens is 278 g/mol. The summed E-state index contributed by atoms with van der Waals surface area (Å²) in [5.74, 6) is 0. The molecule has 6 heteroatoms. The van der Waals surface area contributed by atoms with E-state index in [9.17, 15) is 10.1 Å². The topological polar surface area (TPSA) is 67.5 Å². The second kappa shape index (κ2) is 4.60. The van der Waals surface area contributed by atoms with Gasteiger partial charge in [-0.3, -0.25) is 4.40 Å². The minimum Gasteiger partial charge on any atom is -0.322 e. The molecular formula is C16H11N5O. The molecule has 0 saturated heterocycles. The van der Waals surface area contributed by atoms with Gasteiger partial charge in [0.15, 0.2) is 5.65 Å². The Hall–Kier alpha value is -3.33. The Morgan fingerprint density at radius 1 is 1.14 bits per heavy atom. The summed E-state index contributed by atoms with van der Waals surface area (Å²) in [6.07, 6.45) is 5.43. The molecule has 0 N–H and O–H groups in total. The van der Waals surface area contributed by atoms with Gasteiger partial charge in [0, 0.05) is 24.2 Å². The lowest BCUT2D eigenvalue weighted by molar-refractivity contribution is 0.658. The molecule has 0 unspecified atom stereocenters. The van der Waals surface area contributed by atoms with Crippen LogP contribution in [-0.4, -0.2) is 18.6 Å². The van der Waals surface area contributed by atoms with Gasteiger partial charge in [-0.05, 0) is 24.3 Å². The molecule has 0 atom stereocenters. The molecule has 0 aliphatic heterocycles. The summed E-state index contributed by atoms with van der Waals surface area (Å²) in [5.41, 5.74) is 2.56. The zero-order valence-electron chi connectivity index (χ0n) is 11.5. The molecule has 4 aromatic heterocycles. The lowest BCUT2D eigenvalue weighted by atomic mass is 10.2. The molecule has 0 radical (unpaired) electrons. The van der Waals surface area contributed by atoms with E-state index in [2.05, 4.69) is 11.2 Å². The second-order valence-electron chi connectivity index (χ2n) is 5.00. The molecule has 4 heterocycles. The van der Waals surface area contributed by atoms with Gasteiger partial charge in [-0.25, -0.2) is 9.48 Å². The molecule has 0 aromatic carbocycles. The molecule has 22 heavy (non-hydrogen) atoms. The number of pyridine rings is 2. The zero-order chi connectivity index (χ0) is 15.1. The Bertz CT molecular complexity index is 1090. The average Bonchev–Trinajstić information content (AvgIpc) is 3.06. The smallest absolute Gasteiger partial charge is 0.322 e. The molecule has 4 rings (SSSR count). The van der Waals surface area contributed by atoms with Gasteiger partial charge in [0.1, 0.15) is 6.07 Å². The van der Waals surface area contributed by atoms with E-state index in [1.165, 1.54) is 9.08 Å². The number of hydrogen-bond donors (Lipinski definition) is 0. The SMILES string of the molecule is N#Cc1c(Cn2nc3ccccn3c2=O)cn2ccccc12. The van der Waals surface area contributed by atoms with Crippen LogP contribution in [0.25, 0.3) is 11.2 Å². The average molecular weight is 289 g/mol. The molecule has 0 saturated carbocycles.